The minimum absolute atomic E-state index is 0.0163. The first kappa shape index (κ1) is 33.0. The number of pyridine rings is 2. The summed E-state index contributed by atoms with van der Waals surface area (Å²) in [7, 11) is 0. The standard InChI is InChI=1S/C19H16N8O2.C15H13BrN5O2/c1-9-12(10-6-22-19(20)23-7-10)4-5-13-16(9)27(11-2-3-11)18(28)15-17(13)29-14(25-15)8-24-26-21;1-7-10(16)5-4-9-13(7)21(8-2-3-8)15(22)12-14(9)23-11(19-12)6-18-20-17/h4-7,11,21H,2-3,8H2,1H3,(H-,20,22,23,28);4-5,8,17H,2-3,6H2,1H3/q;+1/p+1. The molecule has 4 N–H and O–H groups in total. The molecule has 5 heterocycles. The van der Waals surface area contributed by atoms with Gasteiger partial charge in [0.15, 0.2) is 35.3 Å². The first-order valence-corrected chi connectivity index (χ1v) is 17.2. The molecule has 0 spiro atoms. The third kappa shape index (κ3) is 5.58. The predicted octanol–water partition coefficient (Wildman–Crippen LogP) is 6.47. The molecule has 2 saturated carbocycles. The zero-order chi connectivity index (χ0) is 36.3. The van der Waals surface area contributed by atoms with Crippen molar-refractivity contribution in [3.05, 3.63) is 84.7 Å². The van der Waals surface area contributed by atoms with E-state index < -0.39 is 0 Å². The topological polar surface area (TPSA) is 248 Å². The number of aryl methyl sites for hydroxylation is 2. The van der Waals surface area contributed by atoms with Crippen LogP contribution in [0.4, 0.5) is 5.95 Å². The van der Waals surface area contributed by atoms with E-state index >= 15 is 0 Å². The number of fused-ring (bicyclic) bond motifs is 6. The summed E-state index contributed by atoms with van der Waals surface area (Å²) in [5.41, 5.74) is 25.8. The van der Waals surface area contributed by atoms with Crippen LogP contribution in [-0.4, -0.2) is 29.1 Å². The van der Waals surface area contributed by atoms with Gasteiger partial charge in [-0.05, 0) is 74.4 Å². The van der Waals surface area contributed by atoms with Gasteiger partial charge in [0.1, 0.15) is 21.3 Å². The molecule has 2 aromatic carbocycles. The average Bonchev–Trinajstić information content (AvgIpc) is 4.08. The van der Waals surface area contributed by atoms with Crippen molar-refractivity contribution in [2.24, 2.45) is 10.2 Å². The summed E-state index contributed by atoms with van der Waals surface area (Å²) in [6.45, 7) is 4.03. The van der Waals surface area contributed by atoms with Gasteiger partial charge >= 0.3 is 0 Å². The Labute approximate surface area is 300 Å². The number of hydrogen-bond acceptors (Lipinski definition) is 13. The van der Waals surface area contributed by atoms with Crippen molar-refractivity contribution in [1.82, 2.24) is 38.9 Å². The number of hydrogen-bond donors (Lipinski definition) is 3. The zero-order valence-electron chi connectivity index (χ0n) is 27.9. The molecule has 2 aliphatic rings. The highest BCUT2D eigenvalue weighted by Crippen LogP contribution is 2.41. The van der Waals surface area contributed by atoms with Crippen LogP contribution in [0.5, 0.6) is 0 Å². The largest absolute Gasteiger partial charge is 0.437 e. The molecule has 0 saturated heterocycles. The number of nitrogens with one attached hydrogen (secondary N) is 2. The van der Waals surface area contributed by atoms with E-state index in [9.17, 15) is 9.59 Å². The smallest absolute Gasteiger partial charge is 0.281 e. The molecule has 0 atom stereocenters. The van der Waals surface area contributed by atoms with Gasteiger partial charge in [0.05, 0.1) is 11.0 Å². The number of anilines is 1. The molecule has 0 aliphatic heterocycles. The van der Waals surface area contributed by atoms with Gasteiger partial charge in [-0.25, -0.2) is 19.9 Å². The van der Waals surface area contributed by atoms with Gasteiger partial charge in [0.2, 0.25) is 27.6 Å². The van der Waals surface area contributed by atoms with Crippen molar-refractivity contribution in [2.75, 3.05) is 5.73 Å². The third-order valence-corrected chi connectivity index (χ3v) is 10.2. The van der Waals surface area contributed by atoms with E-state index in [-0.39, 0.29) is 53.6 Å². The Morgan fingerprint density at radius 1 is 0.808 bits per heavy atom. The second-order valence-corrected chi connectivity index (χ2v) is 13.6. The maximum atomic E-state index is 13.3. The maximum absolute atomic E-state index is 13.3. The lowest BCUT2D eigenvalue weighted by atomic mass is 9.99. The van der Waals surface area contributed by atoms with E-state index in [2.05, 4.69) is 55.9 Å². The monoisotopic (exact) mass is 763 g/mol. The van der Waals surface area contributed by atoms with Gasteiger partial charge in [-0.3, -0.25) is 9.59 Å². The van der Waals surface area contributed by atoms with Crippen molar-refractivity contribution >= 4 is 65.9 Å². The Kier molecular flexibility index (Phi) is 8.13. The highest BCUT2D eigenvalue weighted by molar-refractivity contribution is 9.10. The number of nitrogen functional groups attached to an aromatic ring is 1. The molecular formula is C34H30BrN13O4+2. The number of nitrogens with two attached hydrogens (primary N) is 1. The van der Waals surface area contributed by atoms with Crippen LogP contribution in [0.2, 0.25) is 0 Å². The highest BCUT2D eigenvalue weighted by Gasteiger charge is 2.31. The van der Waals surface area contributed by atoms with Gasteiger partial charge in [-0.2, -0.15) is 0 Å². The van der Waals surface area contributed by atoms with Crippen LogP contribution in [0.3, 0.4) is 0 Å². The first-order valence-electron chi connectivity index (χ1n) is 16.4. The Morgan fingerprint density at radius 3 is 1.77 bits per heavy atom. The molecule has 7 aromatic rings. The molecule has 17 nitrogen and oxygen atoms in total. The van der Waals surface area contributed by atoms with Gasteiger partial charge in [-0.15, -0.1) is 0 Å². The fourth-order valence-electron chi connectivity index (χ4n) is 6.66. The quantitative estimate of drug-likeness (QED) is 0.119. The Hall–Kier alpha value is -6.22. The number of halogens is 1. The van der Waals surface area contributed by atoms with E-state index in [0.717, 1.165) is 74.2 Å². The minimum Gasteiger partial charge on any atom is -0.437 e. The van der Waals surface area contributed by atoms with Crippen LogP contribution < -0.4 is 26.7 Å². The van der Waals surface area contributed by atoms with Gasteiger partial charge in [0, 0.05) is 45.3 Å². The molecule has 5 aromatic heterocycles. The summed E-state index contributed by atoms with van der Waals surface area (Å²) in [6.07, 6.45) is 7.26. The molecule has 2 aliphatic carbocycles. The summed E-state index contributed by atoms with van der Waals surface area (Å²) in [6, 6.07) is 8.16. The van der Waals surface area contributed by atoms with Crippen molar-refractivity contribution < 1.29 is 8.83 Å². The van der Waals surface area contributed by atoms with Crippen LogP contribution in [-0.2, 0) is 13.1 Å². The average molecular weight is 765 g/mol. The molecule has 9 rings (SSSR count). The van der Waals surface area contributed by atoms with E-state index in [1.165, 1.54) is 0 Å². The molecule has 2 fully saturated rings. The lowest BCUT2D eigenvalue weighted by molar-refractivity contribution is 0.527. The number of aromatic nitrogens is 6. The second kappa shape index (κ2) is 12.8. The normalized spacial score (nSPS) is 14.0. The van der Waals surface area contributed by atoms with Crippen LogP contribution in [0.1, 0.15) is 60.7 Å². The third-order valence-electron chi connectivity index (χ3n) is 9.31. The first-order chi connectivity index (χ1) is 25.2. The number of oxazole rings is 2. The van der Waals surface area contributed by atoms with Crippen molar-refractivity contribution in [3.63, 3.8) is 0 Å². The van der Waals surface area contributed by atoms with Crippen LogP contribution in [0.25, 0.3) is 55.1 Å². The Balaban J connectivity index is 0.000000153. The molecule has 52 heavy (non-hydrogen) atoms. The minimum atomic E-state index is -0.179. The highest BCUT2D eigenvalue weighted by atomic mass is 79.9. The number of benzene rings is 2. The fraction of sp³-hybridized carbons (Fsp3) is 0.294. The SMILES string of the molecule is Cc1c(-c2cnc(N)nc2)ccc2c3oc(CN=[N+]=N)nc3c(=O)n(C3CC3)c12.Cc1c(Br)ccc2c3oc(CN=[N+]=N)nc3c(=O)n(C3CC3)c12. The van der Waals surface area contributed by atoms with E-state index in [4.69, 9.17) is 25.6 Å². The van der Waals surface area contributed by atoms with E-state index in [1.807, 2.05) is 47.2 Å². The molecule has 0 unspecified atom stereocenters. The lowest BCUT2D eigenvalue weighted by Gasteiger charge is -2.15. The summed E-state index contributed by atoms with van der Waals surface area (Å²) < 4.78 is 16.2. The van der Waals surface area contributed by atoms with Gasteiger partial charge < -0.3 is 23.7 Å². The Morgan fingerprint density at radius 2 is 1.29 bits per heavy atom. The Bertz CT molecular complexity index is 2820. The predicted molar refractivity (Wildman–Crippen MR) is 193 cm³/mol. The summed E-state index contributed by atoms with van der Waals surface area (Å²) >= 11 is 3.54. The molecule has 18 heteroatoms. The van der Waals surface area contributed by atoms with Crippen molar-refractivity contribution in [2.45, 2.75) is 64.7 Å². The fourth-order valence-corrected chi connectivity index (χ4v) is 6.98. The molecule has 0 radical (unpaired) electrons. The molecule has 260 valence electrons. The van der Waals surface area contributed by atoms with E-state index in [0.29, 0.717) is 22.6 Å². The summed E-state index contributed by atoms with van der Waals surface area (Å²) in [5.74, 6) is 0.767. The second-order valence-electron chi connectivity index (χ2n) is 12.7. The molecule has 0 amide bonds. The van der Waals surface area contributed by atoms with E-state index in [1.54, 1.807) is 12.4 Å². The van der Waals surface area contributed by atoms with Crippen molar-refractivity contribution in [1.29, 1.82) is 11.1 Å². The summed E-state index contributed by atoms with van der Waals surface area (Å²) in [5, 5.41) is 8.85. The lowest BCUT2D eigenvalue weighted by Crippen LogP contribution is -2.20. The molecule has 0 bridgehead atoms. The van der Waals surface area contributed by atoms with Gasteiger partial charge in [0.25, 0.3) is 11.1 Å². The summed E-state index contributed by atoms with van der Waals surface area (Å²) in [4.78, 5) is 48.9. The van der Waals surface area contributed by atoms with Crippen LogP contribution in [0, 0.1) is 24.9 Å². The zero-order valence-corrected chi connectivity index (χ0v) is 29.5. The van der Waals surface area contributed by atoms with Crippen molar-refractivity contribution in [3.8, 4) is 11.1 Å². The van der Waals surface area contributed by atoms with Gasteiger partial charge in [-0.1, -0.05) is 22.0 Å². The number of nitrogens with zero attached hydrogens (tertiary/aromatic N) is 10. The molecular weight excluding hydrogens is 734 g/mol. The van der Waals surface area contributed by atoms with Crippen LogP contribution >= 0.6 is 15.9 Å². The number of rotatable bonds is 7. The maximum Gasteiger partial charge on any atom is 0.281 e. The van der Waals surface area contributed by atoms with Crippen LogP contribution in [0.15, 0.2) is 69.8 Å².